The third-order valence-corrected chi connectivity index (χ3v) is 6.39. The van der Waals surface area contributed by atoms with Gasteiger partial charge in [-0.05, 0) is 50.1 Å². The van der Waals surface area contributed by atoms with Crippen molar-refractivity contribution < 1.29 is 29.0 Å². The monoisotopic (exact) mass is 646 g/mol. The van der Waals surface area contributed by atoms with Gasteiger partial charge in [0.2, 0.25) is 17.2 Å². The first-order valence-corrected chi connectivity index (χ1v) is 15.3. The molecule has 0 spiro atoms. The van der Waals surface area contributed by atoms with E-state index in [0.29, 0.717) is 17.6 Å². The standard InChI is InChI=1S/C12H9ClN2O3.C7H12ClN5.C5H12NO4P/c13-11-10(18-8-4-2-1-3-5-8)7-6-9(12(11)14)15(16)17;1-3-9-6-11-5(8)12-7(13-6)10-4-2;1-11(9,10)3-2-4(6)5(7)8/h1-7H,14H2;3-4H2,1-2H3,(H2,9,10,11,12,13);4H,2-3,6H2,1H3,(H,7,8)(H,9,10). The Morgan fingerprint density at radius 3 is 2.10 bits per heavy atom. The largest absolute Gasteiger partial charge is 0.480 e. The summed E-state index contributed by atoms with van der Waals surface area (Å²) in [6.45, 7) is 6.62. The molecule has 1 aromatic heterocycles. The first-order chi connectivity index (χ1) is 19.7. The van der Waals surface area contributed by atoms with Gasteiger partial charge >= 0.3 is 5.97 Å². The summed E-state index contributed by atoms with van der Waals surface area (Å²) >= 11 is 11.6. The second-order valence-corrected chi connectivity index (χ2v) is 11.6. The highest BCUT2D eigenvalue weighted by molar-refractivity contribution is 7.57. The van der Waals surface area contributed by atoms with Crippen LogP contribution >= 0.6 is 30.6 Å². The number of aliphatic carboxylic acids is 1. The van der Waals surface area contributed by atoms with Crippen LogP contribution in [0.4, 0.5) is 23.3 Å². The van der Waals surface area contributed by atoms with Crippen LogP contribution in [0.25, 0.3) is 0 Å². The molecule has 0 aliphatic heterocycles. The highest BCUT2D eigenvalue weighted by atomic mass is 35.5. The van der Waals surface area contributed by atoms with E-state index in [4.69, 9.17) is 49.4 Å². The molecule has 0 saturated heterocycles. The quantitative estimate of drug-likeness (QED) is 0.0715. The van der Waals surface area contributed by atoms with Gasteiger partial charge in [0.1, 0.15) is 28.3 Å². The first-order valence-electron chi connectivity index (χ1n) is 12.3. The molecule has 1 heterocycles. The molecule has 2 atom stereocenters. The molecule has 8 N–H and O–H groups in total. The molecule has 0 bridgehead atoms. The number of halogens is 2. The summed E-state index contributed by atoms with van der Waals surface area (Å²) in [4.78, 5) is 40.8. The van der Waals surface area contributed by atoms with Crippen LogP contribution in [0.1, 0.15) is 20.3 Å². The average molecular weight is 647 g/mol. The van der Waals surface area contributed by atoms with Gasteiger partial charge in [-0.1, -0.05) is 29.8 Å². The van der Waals surface area contributed by atoms with Crippen molar-refractivity contribution in [2.45, 2.75) is 26.3 Å². The number of carbonyl (C=O) groups is 1. The molecule has 0 amide bonds. The van der Waals surface area contributed by atoms with E-state index >= 15 is 0 Å². The maximum absolute atomic E-state index is 10.7. The summed E-state index contributed by atoms with van der Waals surface area (Å²) in [5.74, 6) is 0.717. The van der Waals surface area contributed by atoms with E-state index in [1.54, 1.807) is 24.3 Å². The van der Waals surface area contributed by atoms with Crippen LogP contribution in [0.3, 0.4) is 0 Å². The molecule has 0 aliphatic rings. The number of rotatable bonds is 11. The van der Waals surface area contributed by atoms with Crippen molar-refractivity contribution in [3.63, 3.8) is 0 Å². The summed E-state index contributed by atoms with van der Waals surface area (Å²) in [5, 5.41) is 25.1. The van der Waals surface area contributed by atoms with E-state index in [2.05, 4.69) is 25.6 Å². The Morgan fingerprint density at radius 1 is 1.10 bits per heavy atom. The molecule has 3 aromatic rings. The number of anilines is 3. The number of ether oxygens (including phenoxy) is 1. The zero-order valence-corrected chi connectivity index (χ0v) is 25.4. The molecule has 18 heteroatoms. The van der Waals surface area contributed by atoms with Crippen LogP contribution in [0, 0.1) is 10.1 Å². The highest BCUT2D eigenvalue weighted by Gasteiger charge is 2.18. The van der Waals surface area contributed by atoms with E-state index in [-0.39, 0.29) is 40.0 Å². The molecule has 0 saturated carbocycles. The van der Waals surface area contributed by atoms with Crippen molar-refractivity contribution in [2.24, 2.45) is 5.73 Å². The molecule has 3 rings (SSSR count). The van der Waals surface area contributed by atoms with Gasteiger partial charge in [0.15, 0.2) is 7.37 Å². The second kappa shape index (κ2) is 17.9. The first kappa shape index (κ1) is 36.3. The van der Waals surface area contributed by atoms with Gasteiger partial charge in [-0.15, -0.1) is 0 Å². The molecule has 230 valence electrons. The van der Waals surface area contributed by atoms with Crippen molar-refractivity contribution in [3.8, 4) is 11.5 Å². The van der Waals surface area contributed by atoms with Crippen LogP contribution in [-0.2, 0) is 9.36 Å². The van der Waals surface area contributed by atoms with E-state index in [1.807, 2.05) is 19.9 Å². The number of hydrogen-bond donors (Lipinski definition) is 6. The lowest BCUT2D eigenvalue weighted by molar-refractivity contribution is -0.383. The number of aromatic nitrogens is 3. The molecule has 0 aliphatic carbocycles. The van der Waals surface area contributed by atoms with Crippen LogP contribution < -0.4 is 26.8 Å². The van der Waals surface area contributed by atoms with Gasteiger partial charge in [0.05, 0.1) is 4.92 Å². The number of benzene rings is 2. The van der Waals surface area contributed by atoms with Gasteiger partial charge in [0, 0.05) is 32.0 Å². The lowest BCUT2D eigenvalue weighted by Gasteiger charge is -2.08. The summed E-state index contributed by atoms with van der Waals surface area (Å²) in [6.07, 6.45) is 0.0000772. The number of nitro groups is 1. The summed E-state index contributed by atoms with van der Waals surface area (Å²) < 4.78 is 16.1. The fourth-order valence-corrected chi connectivity index (χ4v) is 3.86. The summed E-state index contributed by atoms with van der Waals surface area (Å²) in [6, 6.07) is 10.6. The number of hydrogen-bond acceptors (Lipinski definition) is 12. The van der Waals surface area contributed by atoms with Crippen LogP contribution in [0.2, 0.25) is 10.3 Å². The Bertz CT molecular complexity index is 1340. The maximum Gasteiger partial charge on any atom is 0.320 e. The minimum atomic E-state index is -3.10. The minimum Gasteiger partial charge on any atom is -0.480 e. The Labute approximate surface area is 252 Å². The lowest BCUT2D eigenvalue weighted by atomic mass is 10.2. The van der Waals surface area contributed by atoms with Gasteiger partial charge < -0.3 is 36.8 Å². The smallest absolute Gasteiger partial charge is 0.320 e. The van der Waals surface area contributed by atoms with E-state index in [1.165, 1.54) is 18.8 Å². The fraction of sp³-hybridized carbons (Fsp3) is 0.333. The molecule has 2 aromatic carbocycles. The van der Waals surface area contributed by atoms with Crippen molar-refractivity contribution in [1.29, 1.82) is 0 Å². The Kier molecular flexibility index (Phi) is 15.5. The molecular weight excluding hydrogens is 614 g/mol. The van der Waals surface area contributed by atoms with Gasteiger partial charge in [0.25, 0.3) is 5.69 Å². The maximum atomic E-state index is 10.7. The van der Waals surface area contributed by atoms with Crippen molar-refractivity contribution in [1.82, 2.24) is 15.0 Å². The normalized spacial score (nSPS) is 12.3. The number of para-hydroxylation sites is 1. The highest BCUT2D eigenvalue weighted by Crippen LogP contribution is 2.39. The third-order valence-electron chi connectivity index (χ3n) is 4.74. The van der Waals surface area contributed by atoms with E-state index < -0.39 is 24.3 Å². The number of nitrogens with two attached hydrogens (primary N) is 2. The Balaban J connectivity index is 0.000000328. The fourth-order valence-electron chi connectivity index (χ4n) is 2.74. The van der Waals surface area contributed by atoms with E-state index in [0.717, 1.165) is 13.1 Å². The molecule has 0 fully saturated rings. The minimum absolute atomic E-state index is 0.0352. The van der Waals surface area contributed by atoms with Crippen LogP contribution in [0.15, 0.2) is 42.5 Å². The number of nitrogens with one attached hydrogen (secondary N) is 2. The molecule has 0 radical (unpaired) electrons. The summed E-state index contributed by atoms with van der Waals surface area (Å²) in [7, 11) is -3.10. The number of carboxylic acid groups (broad SMARTS) is 1. The predicted octanol–water partition coefficient (Wildman–Crippen LogP) is 4.70. The van der Waals surface area contributed by atoms with Crippen LogP contribution in [-0.4, -0.2) is 67.8 Å². The Morgan fingerprint density at radius 2 is 1.64 bits per heavy atom. The van der Waals surface area contributed by atoms with Gasteiger partial charge in [-0.25, -0.2) is 0 Å². The number of nitrogens with zero attached hydrogens (tertiary/aromatic N) is 4. The molecule has 2 unspecified atom stereocenters. The molecule has 15 nitrogen and oxygen atoms in total. The zero-order chi connectivity index (χ0) is 31.9. The second-order valence-electron chi connectivity index (χ2n) is 8.30. The van der Waals surface area contributed by atoms with Crippen molar-refractivity contribution in [3.05, 3.63) is 62.9 Å². The summed E-state index contributed by atoms with van der Waals surface area (Å²) in [5.41, 5.74) is 10.3. The zero-order valence-electron chi connectivity index (χ0n) is 23.0. The number of carboxylic acids is 1. The SMILES string of the molecule is CCNc1nc(Cl)nc(NCC)n1.CP(=O)(O)CCC(N)C(=O)O.Nc1c([N+](=O)[O-])ccc(Oc2ccccc2)c1Cl. The average Bonchev–Trinajstić information content (AvgIpc) is 2.91. The molecule has 42 heavy (non-hydrogen) atoms. The van der Waals surface area contributed by atoms with E-state index in [9.17, 15) is 19.5 Å². The van der Waals surface area contributed by atoms with Gasteiger partial charge in [-0.2, -0.15) is 15.0 Å². The van der Waals surface area contributed by atoms with Crippen molar-refractivity contribution in [2.75, 3.05) is 42.3 Å². The molecular formula is C24H33Cl2N8O7P. The third kappa shape index (κ3) is 13.7. The van der Waals surface area contributed by atoms with Crippen LogP contribution in [0.5, 0.6) is 11.5 Å². The number of nitrogen functional groups attached to an aromatic ring is 1. The predicted molar refractivity (Wildman–Crippen MR) is 163 cm³/mol. The topological polar surface area (TPSA) is 242 Å². The van der Waals surface area contributed by atoms with Crippen molar-refractivity contribution >= 4 is 59.8 Å². The lowest BCUT2D eigenvalue weighted by Crippen LogP contribution is -2.30. The Hall–Kier alpha value is -3.75. The number of nitro benzene ring substituents is 1. The van der Waals surface area contributed by atoms with Gasteiger partial charge in [-0.3, -0.25) is 19.5 Å².